The number of nitrogens with zero attached hydrogens (tertiary/aromatic N) is 1. The summed E-state index contributed by atoms with van der Waals surface area (Å²) < 4.78 is 11.8. The highest BCUT2D eigenvalue weighted by Crippen LogP contribution is 2.42. The SMILES string of the molecule is CSSCCP(=O)(O)CCCCC(=O)ON1C(=O)CCC1=O. The Labute approximate surface area is 137 Å². The standard InChI is InChI=1S/C12H20NO6PS2/c1-21-22-9-8-20(17,18)7-3-2-4-12(16)19-13-10(14)5-6-11(13)15/h2-9H2,1H3,(H,17,18). The molecule has 1 rings (SSSR count). The topological polar surface area (TPSA) is 101 Å². The van der Waals surface area contributed by atoms with Crippen LogP contribution in [0.3, 0.4) is 0 Å². The highest BCUT2D eigenvalue weighted by molar-refractivity contribution is 8.76. The third-order valence-electron chi connectivity index (χ3n) is 2.98. The van der Waals surface area contributed by atoms with Crippen molar-refractivity contribution in [3.8, 4) is 0 Å². The van der Waals surface area contributed by atoms with E-state index in [0.29, 0.717) is 23.7 Å². The summed E-state index contributed by atoms with van der Waals surface area (Å²) in [6.07, 6.45) is 3.29. The van der Waals surface area contributed by atoms with E-state index in [-0.39, 0.29) is 31.6 Å². The average molecular weight is 369 g/mol. The van der Waals surface area contributed by atoms with Crippen LogP contribution in [0.4, 0.5) is 0 Å². The first-order chi connectivity index (χ1) is 10.4. The first kappa shape index (κ1) is 19.5. The normalized spacial score (nSPS) is 17.6. The zero-order valence-electron chi connectivity index (χ0n) is 12.4. The molecule has 22 heavy (non-hydrogen) atoms. The molecule has 1 aliphatic heterocycles. The van der Waals surface area contributed by atoms with Gasteiger partial charge in [-0.1, -0.05) is 21.6 Å². The number of carbonyl (C=O) groups is 3. The number of unbranched alkanes of at least 4 members (excludes halogenated alkanes) is 1. The monoisotopic (exact) mass is 369 g/mol. The van der Waals surface area contributed by atoms with Crippen molar-refractivity contribution in [2.75, 3.05) is 24.3 Å². The molecule has 2 amide bonds. The number of rotatable bonds is 10. The molecule has 0 spiro atoms. The Morgan fingerprint density at radius 3 is 2.50 bits per heavy atom. The van der Waals surface area contributed by atoms with Crippen molar-refractivity contribution in [2.24, 2.45) is 0 Å². The molecule has 0 aromatic rings. The van der Waals surface area contributed by atoms with Gasteiger partial charge in [0.15, 0.2) is 0 Å². The molecule has 1 saturated heterocycles. The molecule has 0 aromatic carbocycles. The van der Waals surface area contributed by atoms with Crippen molar-refractivity contribution >= 4 is 46.7 Å². The van der Waals surface area contributed by atoms with E-state index in [9.17, 15) is 23.8 Å². The summed E-state index contributed by atoms with van der Waals surface area (Å²) in [6, 6.07) is 0. The molecule has 1 fully saturated rings. The van der Waals surface area contributed by atoms with Crippen LogP contribution in [-0.2, 0) is 23.8 Å². The summed E-state index contributed by atoms with van der Waals surface area (Å²) in [5.74, 6) is -1.07. The first-order valence-electron chi connectivity index (χ1n) is 6.89. The van der Waals surface area contributed by atoms with E-state index in [2.05, 4.69) is 0 Å². The molecule has 1 N–H and O–H groups in total. The van der Waals surface area contributed by atoms with Crippen molar-refractivity contribution in [3.05, 3.63) is 0 Å². The van der Waals surface area contributed by atoms with Gasteiger partial charge in [-0.2, -0.15) is 0 Å². The molecule has 1 unspecified atom stereocenters. The van der Waals surface area contributed by atoms with Crippen molar-refractivity contribution in [2.45, 2.75) is 32.1 Å². The largest absolute Gasteiger partial charge is 0.344 e. The van der Waals surface area contributed by atoms with Gasteiger partial charge in [-0.3, -0.25) is 14.2 Å². The predicted molar refractivity (Wildman–Crippen MR) is 86.6 cm³/mol. The maximum absolute atomic E-state index is 11.8. The van der Waals surface area contributed by atoms with Gasteiger partial charge >= 0.3 is 5.97 Å². The van der Waals surface area contributed by atoms with E-state index in [1.165, 1.54) is 10.8 Å². The van der Waals surface area contributed by atoms with Crippen molar-refractivity contribution < 1.29 is 28.7 Å². The summed E-state index contributed by atoms with van der Waals surface area (Å²) in [4.78, 5) is 48.5. The average Bonchev–Trinajstić information content (AvgIpc) is 2.76. The van der Waals surface area contributed by atoms with Crippen LogP contribution in [-0.4, -0.2) is 52.1 Å². The molecule has 0 saturated carbocycles. The first-order valence-corrected chi connectivity index (χ1v) is 11.6. The molecule has 10 heteroatoms. The lowest BCUT2D eigenvalue weighted by Gasteiger charge is -2.13. The summed E-state index contributed by atoms with van der Waals surface area (Å²) in [5.41, 5.74) is 0. The van der Waals surface area contributed by atoms with Gasteiger partial charge in [0.25, 0.3) is 11.8 Å². The molecule has 1 heterocycles. The van der Waals surface area contributed by atoms with Gasteiger partial charge < -0.3 is 9.73 Å². The summed E-state index contributed by atoms with van der Waals surface area (Å²) in [5, 5.41) is 0.513. The summed E-state index contributed by atoms with van der Waals surface area (Å²) in [7, 11) is -0.0443. The van der Waals surface area contributed by atoms with Crippen LogP contribution in [0.25, 0.3) is 0 Å². The molecule has 1 aliphatic rings. The van der Waals surface area contributed by atoms with E-state index in [4.69, 9.17) is 4.84 Å². The van der Waals surface area contributed by atoms with Gasteiger partial charge in [-0.15, -0.1) is 5.06 Å². The van der Waals surface area contributed by atoms with Crippen LogP contribution in [0.15, 0.2) is 0 Å². The lowest BCUT2D eigenvalue weighted by atomic mass is 10.2. The van der Waals surface area contributed by atoms with Crippen LogP contribution in [0.2, 0.25) is 0 Å². The Bertz CT molecular complexity index is 457. The van der Waals surface area contributed by atoms with E-state index in [1.54, 1.807) is 10.8 Å². The van der Waals surface area contributed by atoms with E-state index < -0.39 is 25.2 Å². The van der Waals surface area contributed by atoms with Gasteiger partial charge in [-0.25, -0.2) is 4.79 Å². The third kappa shape index (κ3) is 7.17. The van der Waals surface area contributed by atoms with Crippen LogP contribution >= 0.6 is 29.0 Å². The van der Waals surface area contributed by atoms with Crippen molar-refractivity contribution in [1.29, 1.82) is 0 Å². The zero-order valence-corrected chi connectivity index (χ0v) is 14.9. The second-order valence-corrected chi connectivity index (χ2v) is 10.1. The minimum atomic E-state index is -3.14. The molecule has 0 bridgehead atoms. The zero-order chi connectivity index (χ0) is 16.6. The van der Waals surface area contributed by atoms with Gasteiger partial charge in [0.1, 0.15) is 0 Å². The van der Waals surface area contributed by atoms with Crippen molar-refractivity contribution in [1.82, 2.24) is 5.06 Å². The molecular formula is C12H20NO6PS2. The van der Waals surface area contributed by atoms with Crippen LogP contribution < -0.4 is 0 Å². The Balaban J connectivity index is 2.18. The quantitative estimate of drug-likeness (QED) is 0.270. The minimum absolute atomic E-state index is 0.0105. The molecule has 0 aliphatic carbocycles. The van der Waals surface area contributed by atoms with Crippen LogP contribution in [0, 0.1) is 0 Å². The van der Waals surface area contributed by atoms with E-state index in [0.717, 1.165) is 0 Å². The highest BCUT2D eigenvalue weighted by atomic mass is 33.1. The Kier molecular flexibility index (Phi) is 8.53. The predicted octanol–water partition coefficient (Wildman–Crippen LogP) is 2.05. The van der Waals surface area contributed by atoms with E-state index >= 15 is 0 Å². The number of amides is 2. The fourth-order valence-corrected chi connectivity index (χ4v) is 5.53. The number of hydrogen-bond donors (Lipinski definition) is 1. The number of imide groups is 1. The molecule has 0 aromatic heterocycles. The van der Waals surface area contributed by atoms with Crippen LogP contribution in [0.5, 0.6) is 0 Å². The maximum atomic E-state index is 11.8. The number of carbonyl (C=O) groups excluding carboxylic acids is 3. The van der Waals surface area contributed by atoms with Gasteiger partial charge in [0.05, 0.1) is 0 Å². The molecule has 7 nitrogen and oxygen atoms in total. The second-order valence-electron chi connectivity index (χ2n) is 4.78. The Morgan fingerprint density at radius 2 is 1.91 bits per heavy atom. The van der Waals surface area contributed by atoms with Crippen molar-refractivity contribution in [3.63, 3.8) is 0 Å². The fourth-order valence-electron chi connectivity index (χ4n) is 1.81. The maximum Gasteiger partial charge on any atom is 0.333 e. The summed E-state index contributed by atoms with van der Waals surface area (Å²) in [6.45, 7) is 0. The molecule has 1 atom stereocenters. The number of hydrogen-bond acceptors (Lipinski definition) is 7. The fraction of sp³-hybridized carbons (Fsp3) is 0.750. The highest BCUT2D eigenvalue weighted by Gasteiger charge is 2.32. The second kappa shape index (κ2) is 9.60. The lowest BCUT2D eigenvalue weighted by Crippen LogP contribution is -2.31. The summed E-state index contributed by atoms with van der Waals surface area (Å²) >= 11 is 0. The minimum Gasteiger partial charge on any atom is -0.344 e. The lowest BCUT2D eigenvalue weighted by molar-refractivity contribution is -0.197. The molecule has 126 valence electrons. The van der Waals surface area contributed by atoms with Gasteiger partial charge in [0.2, 0.25) is 7.37 Å². The van der Waals surface area contributed by atoms with Gasteiger partial charge in [0, 0.05) is 37.3 Å². The van der Waals surface area contributed by atoms with Gasteiger partial charge in [-0.05, 0) is 19.1 Å². The smallest absolute Gasteiger partial charge is 0.333 e. The Morgan fingerprint density at radius 1 is 1.27 bits per heavy atom. The Hall–Kier alpha value is -0.500. The van der Waals surface area contributed by atoms with Crippen LogP contribution in [0.1, 0.15) is 32.1 Å². The number of hydroxylamine groups is 2. The third-order valence-corrected chi connectivity index (χ3v) is 7.03. The molecular weight excluding hydrogens is 349 g/mol. The van der Waals surface area contributed by atoms with E-state index in [1.807, 2.05) is 6.26 Å². The molecule has 0 radical (unpaired) electrons.